The minimum absolute atomic E-state index is 0.0486. The van der Waals surface area contributed by atoms with E-state index in [0.717, 1.165) is 34.5 Å². The Balaban J connectivity index is 1.24. The Morgan fingerprint density at radius 1 is 0.724 bits per heavy atom. The topological polar surface area (TPSA) is 102 Å². The van der Waals surface area contributed by atoms with E-state index in [0.29, 0.717) is 64.5 Å². The first-order valence-corrected chi connectivity index (χ1v) is 21.1. The van der Waals surface area contributed by atoms with Crippen LogP contribution in [0.1, 0.15) is 34.7 Å². The van der Waals surface area contributed by atoms with Crippen LogP contribution in [-0.2, 0) is 49.9 Å². The number of benzene rings is 4. The van der Waals surface area contributed by atoms with Gasteiger partial charge >= 0.3 is 6.18 Å². The summed E-state index contributed by atoms with van der Waals surface area (Å²) in [5.74, 6) is -0.625. The van der Waals surface area contributed by atoms with Gasteiger partial charge < -0.3 is 19.6 Å². The van der Waals surface area contributed by atoms with Crippen molar-refractivity contribution < 1.29 is 36.0 Å². The summed E-state index contributed by atoms with van der Waals surface area (Å²) < 4.78 is 63.5. The number of hydrogen-bond acceptors (Lipinski definition) is 7. The van der Waals surface area contributed by atoms with Crippen LogP contribution < -0.4 is 4.90 Å². The molecule has 306 valence electrons. The van der Waals surface area contributed by atoms with Gasteiger partial charge in [-0.25, -0.2) is 8.42 Å². The third-order valence-corrected chi connectivity index (χ3v) is 11.8. The maximum absolute atomic E-state index is 14.7. The lowest BCUT2D eigenvalue weighted by Crippen LogP contribution is -2.56. The largest absolute Gasteiger partial charge is 0.416 e. The molecule has 58 heavy (non-hydrogen) atoms. The molecule has 0 N–H and O–H groups in total. The van der Waals surface area contributed by atoms with E-state index in [1.807, 2.05) is 59.5 Å². The van der Waals surface area contributed by atoms with Gasteiger partial charge in [-0.05, 0) is 64.7 Å². The van der Waals surface area contributed by atoms with Crippen molar-refractivity contribution >= 4 is 39.3 Å². The van der Waals surface area contributed by atoms with E-state index >= 15 is 0 Å². The fourth-order valence-corrected chi connectivity index (χ4v) is 7.91. The van der Waals surface area contributed by atoms with Gasteiger partial charge in [-0.15, -0.1) is 0 Å². The highest BCUT2D eigenvalue weighted by Gasteiger charge is 2.34. The summed E-state index contributed by atoms with van der Waals surface area (Å²) >= 11 is 0. The molecule has 1 unspecified atom stereocenters. The van der Waals surface area contributed by atoms with Crippen molar-refractivity contribution in [1.82, 2.24) is 19.6 Å². The number of carbonyl (C=O) groups excluding carboxylic acids is 3. The monoisotopic (exact) mass is 815 g/mol. The van der Waals surface area contributed by atoms with Gasteiger partial charge in [0.05, 0.1) is 10.5 Å². The summed E-state index contributed by atoms with van der Waals surface area (Å²) in [4.78, 5) is 50.6. The van der Waals surface area contributed by atoms with Crippen LogP contribution in [-0.4, -0.2) is 110 Å². The molecule has 6 rings (SSSR count). The van der Waals surface area contributed by atoms with Crippen molar-refractivity contribution in [3.63, 3.8) is 0 Å². The summed E-state index contributed by atoms with van der Waals surface area (Å²) in [6, 6.07) is 27.7. The van der Waals surface area contributed by atoms with Crippen molar-refractivity contribution in [3.05, 3.63) is 137 Å². The van der Waals surface area contributed by atoms with E-state index in [9.17, 15) is 36.0 Å². The Labute approximate surface area is 338 Å². The normalized spacial score (nSPS) is 16.1. The molecule has 10 nitrogen and oxygen atoms in total. The molecule has 0 spiro atoms. The maximum Gasteiger partial charge on any atom is 0.416 e. The lowest BCUT2D eigenvalue weighted by Gasteiger charge is -2.39. The smallest absolute Gasteiger partial charge is 0.368 e. The highest BCUT2D eigenvalue weighted by atomic mass is 32.2. The summed E-state index contributed by atoms with van der Waals surface area (Å²) in [6.07, 6.45) is -0.306. The standard InChI is InChI=1S/C44H48F3N5O5S/c1-33(53)49-26-28-50(29-27-49)39-17-10-37(11-18-39)32-52(42(54)21-14-34-8-15-38(16-9-34)44(45,46)47)41(30-35-6-4-3-5-7-35)43(55)51-24-22-48(23-25-51)31-36-12-19-40(20-13-36)58(2,56)57/h3-21,41H,22-32H2,1-2H3. The SMILES string of the molecule is CC(=O)N1CCN(c2ccc(CN(C(=O)C=Cc3ccc(C(F)(F)F)cc3)C(Cc3ccccc3)C(=O)N3CCN(Cc4ccc(S(C)(=O)=O)cc4)CC3)cc2)CC1. The molecular weight excluding hydrogens is 768 g/mol. The summed E-state index contributed by atoms with van der Waals surface area (Å²) in [5, 5.41) is 0. The summed E-state index contributed by atoms with van der Waals surface area (Å²) in [7, 11) is -3.31. The molecule has 2 aliphatic rings. The molecule has 0 aliphatic carbocycles. The average molecular weight is 816 g/mol. The Kier molecular flexibility index (Phi) is 13.4. The van der Waals surface area contributed by atoms with Crippen LogP contribution in [0.25, 0.3) is 6.08 Å². The van der Waals surface area contributed by atoms with Gasteiger partial charge in [0.1, 0.15) is 6.04 Å². The number of carbonyl (C=O) groups is 3. The van der Waals surface area contributed by atoms with Crippen LogP contribution in [0.4, 0.5) is 18.9 Å². The van der Waals surface area contributed by atoms with E-state index in [-0.39, 0.29) is 29.7 Å². The van der Waals surface area contributed by atoms with Crippen LogP contribution in [0.2, 0.25) is 0 Å². The Bertz CT molecular complexity index is 2170. The minimum Gasteiger partial charge on any atom is -0.368 e. The van der Waals surface area contributed by atoms with E-state index in [1.54, 1.807) is 41.0 Å². The van der Waals surface area contributed by atoms with Crippen LogP contribution in [0.15, 0.2) is 114 Å². The Hall–Kier alpha value is -5.47. The zero-order valence-corrected chi connectivity index (χ0v) is 33.5. The molecular formula is C44H48F3N5O5S. The number of sulfone groups is 1. The molecule has 0 saturated carbocycles. The molecule has 2 fully saturated rings. The zero-order chi connectivity index (χ0) is 41.5. The predicted octanol–water partition coefficient (Wildman–Crippen LogP) is 5.78. The average Bonchev–Trinajstić information content (AvgIpc) is 3.21. The fraction of sp³-hybridized carbons (Fsp3) is 0.341. The molecule has 0 bridgehead atoms. The van der Waals surface area contributed by atoms with Crippen molar-refractivity contribution in [2.45, 2.75) is 43.5 Å². The maximum atomic E-state index is 14.7. The summed E-state index contributed by atoms with van der Waals surface area (Å²) in [6.45, 7) is 6.86. The fourth-order valence-electron chi connectivity index (χ4n) is 7.28. The zero-order valence-electron chi connectivity index (χ0n) is 32.6. The molecule has 4 aromatic carbocycles. The van der Waals surface area contributed by atoms with Crippen LogP contribution in [0.5, 0.6) is 0 Å². The number of alkyl halides is 3. The van der Waals surface area contributed by atoms with Gasteiger partial charge in [0.2, 0.25) is 17.7 Å². The number of amides is 3. The van der Waals surface area contributed by atoms with E-state index in [2.05, 4.69) is 9.80 Å². The molecule has 2 saturated heterocycles. The van der Waals surface area contributed by atoms with Gasteiger partial charge in [0, 0.05) is 96.8 Å². The molecule has 3 amide bonds. The molecule has 1 atom stereocenters. The van der Waals surface area contributed by atoms with Gasteiger partial charge in [0.25, 0.3) is 0 Å². The number of piperazine rings is 2. The molecule has 2 heterocycles. The summed E-state index contributed by atoms with van der Waals surface area (Å²) in [5.41, 5.74) is 3.20. The third-order valence-electron chi connectivity index (χ3n) is 10.7. The van der Waals surface area contributed by atoms with Crippen LogP contribution in [0.3, 0.4) is 0 Å². The minimum atomic E-state index is -4.49. The second-order valence-corrected chi connectivity index (χ2v) is 16.8. The van der Waals surface area contributed by atoms with Crippen molar-refractivity contribution in [2.75, 3.05) is 63.5 Å². The molecule has 14 heteroatoms. The lowest BCUT2D eigenvalue weighted by molar-refractivity contribution is -0.145. The van der Waals surface area contributed by atoms with E-state index in [4.69, 9.17) is 0 Å². The first kappa shape index (κ1) is 42.1. The first-order valence-electron chi connectivity index (χ1n) is 19.2. The highest BCUT2D eigenvalue weighted by molar-refractivity contribution is 7.90. The Morgan fingerprint density at radius 2 is 1.31 bits per heavy atom. The molecule has 0 radical (unpaired) electrons. The number of rotatable bonds is 12. The van der Waals surface area contributed by atoms with E-state index < -0.39 is 33.5 Å². The number of hydrogen-bond donors (Lipinski definition) is 0. The van der Waals surface area contributed by atoms with Crippen molar-refractivity contribution in [3.8, 4) is 0 Å². The van der Waals surface area contributed by atoms with Gasteiger partial charge in [0.15, 0.2) is 9.84 Å². The number of halogens is 3. The molecule has 2 aliphatic heterocycles. The number of nitrogens with zero attached hydrogens (tertiary/aromatic N) is 5. The lowest BCUT2D eigenvalue weighted by atomic mass is 10.0. The molecule has 0 aromatic heterocycles. The van der Waals surface area contributed by atoms with Crippen molar-refractivity contribution in [2.24, 2.45) is 0 Å². The number of anilines is 1. The molecule has 4 aromatic rings. The van der Waals surface area contributed by atoms with Crippen LogP contribution >= 0.6 is 0 Å². The second-order valence-electron chi connectivity index (χ2n) is 14.8. The highest BCUT2D eigenvalue weighted by Crippen LogP contribution is 2.29. The van der Waals surface area contributed by atoms with Gasteiger partial charge in [-0.3, -0.25) is 19.3 Å². The van der Waals surface area contributed by atoms with Crippen molar-refractivity contribution in [1.29, 1.82) is 0 Å². The third kappa shape index (κ3) is 11.1. The van der Waals surface area contributed by atoms with Gasteiger partial charge in [-0.2, -0.15) is 13.2 Å². The Morgan fingerprint density at radius 3 is 1.88 bits per heavy atom. The van der Waals surface area contributed by atoms with Gasteiger partial charge in [-0.1, -0.05) is 66.7 Å². The predicted molar refractivity (Wildman–Crippen MR) is 217 cm³/mol. The second kappa shape index (κ2) is 18.4. The quantitative estimate of drug-likeness (QED) is 0.168. The first-order chi connectivity index (χ1) is 27.6. The van der Waals surface area contributed by atoms with Crippen LogP contribution in [0, 0.1) is 0 Å². The van der Waals surface area contributed by atoms with E-state index in [1.165, 1.54) is 30.5 Å².